The summed E-state index contributed by atoms with van der Waals surface area (Å²) >= 11 is 4.78. The third kappa shape index (κ3) is 3.85. The second-order valence-electron chi connectivity index (χ2n) is 3.43. The van der Waals surface area contributed by atoms with Crippen LogP contribution in [0.4, 0.5) is 18.9 Å². The van der Waals surface area contributed by atoms with Gasteiger partial charge in [-0.2, -0.15) is 13.2 Å². The number of nitrogens with two attached hydrogens (primary N) is 1. The second-order valence-corrected chi connectivity index (χ2v) is 3.87. The van der Waals surface area contributed by atoms with E-state index in [-0.39, 0.29) is 17.3 Å². The van der Waals surface area contributed by atoms with Crippen LogP contribution in [-0.2, 0) is 4.74 Å². The molecule has 1 aromatic carbocycles. The molecule has 0 aliphatic rings. The van der Waals surface area contributed by atoms with Crippen molar-refractivity contribution >= 4 is 22.9 Å². The molecule has 0 aliphatic carbocycles. The van der Waals surface area contributed by atoms with Gasteiger partial charge in [0.15, 0.2) is 0 Å². The summed E-state index contributed by atoms with van der Waals surface area (Å²) in [6.45, 7) is 1.42. The summed E-state index contributed by atoms with van der Waals surface area (Å²) < 4.78 is 42.6. The molecule has 100 valence electrons. The molecule has 18 heavy (non-hydrogen) atoms. The van der Waals surface area contributed by atoms with E-state index in [0.29, 0.717) is 5.56 Å². The zero-order valence-corrected chi connectivity index (χ0v) is 10.4. The first-order valence-corrected chi connectivity index (χ1v) is 5.60. The standard InChI is InChI=1S/C11H13F3N2OS/c1-2-17-10(11(12,13)14)16-8-6-4-3-5-7(8)9(15)18/h3-6,10,16H,2H2,1H3,(H2,15,18). The van der Waals surface area contributed by atoms with Gasteiger partial charge in [0.25, 0.3) is 0 Å². The number of benzene rings is 1. The van der Waals surface area contributed by atoms with Gasteiger partial charge < -0.3 is 15.8 Å². The lowest BCUT2D eigenvalue weighted by atomic mass is 10.1. The molecule has 0 saturated carbocycles. The molecule has 3 N–H and O–H groups in total. The van der Waals surface area contributed by atoms with Crippen molar-refractivity contribution in [3.05, 3.63) is 29.8 Å². The van der Waals surface area contributed by atoms with Crippen LogP contribution in [0.3, 0.4) is 0 Å². The van der Waals surface area contributed by atoms with Crippen LogP contribution in [0.2, 0.25) is 0 Å². The van der Waals surface area contributed by atoms with Crippen LogP contribution in [0.5, 0.6) is 0 Å². The van der Waals surface area contributed by atoms with Crippen LogP contribution in [0, 0.1) is 0 Å². The Kier molecular flexibility index (Phi) is 4.92. The number of halogens is 3. The quantitative estimate of drug-likeness (QED) is 0.642. The Morgan fingerprint density at radius 1 is 1.44 bits per heavy atom. The van der Waals surface area contributed by atoms with E-state index < -0.39 is 12.4 Å². The molecule has 1 rings (SSSR count). The monoisotopic (exact) mass is 278 g/mol. The Morgan fingerprint density at radius 3 is 2.56 bits per heavy atom. The largest absolute Gasteiger partial charge is 0.433 e. The molecule has 0 amide bonds. The highest BCUT2D eigenvalue weighted by atomic mass is 32.1. The van der Waals surface area contributed by atoms with Crippen LogP contribution in [0.1, 0.15) is 12.5 Å². The zero-order chi connectivity index (χ0) is 13.8. The van der Waals surface area contributed by atoms with Crippen LogP contribution in [0.25, 0.3) is 0 Å². The van der Waals surface area contributed by atoms with Gasteiger partial charge in [-0.15, -0.1) is 0 Å². The van der Waals surface area contributed by atoms with E-state index in [1.165, 1.54) is 13.0 Å². The van der Waals surface area contributed by atoms with Crippen molar-refractivity contribution in [2.75, 3.05) is 11.9 Å². The normalized spacial score (nSPS) is 13.1. The second kappa shape index (κ2) is 6.01. The maximum atomic E-state index is 12.7. The predicted octanol–water partition coefficient (Wildman–Crippen LogP) is 2.66. The maximum absolute atomic E-state index is 12.7. The zero-order valence-electron chi connectivity index (χ0n) is 9.62. The Labute approximate surface area is 108 Å². The SMILES string of the molecule is CCOC(Nc1ccccc1C(N)=S)C(F)(F)F. The summed E-state index contributed by atoms with van der Waals surface area (Å²) in [5, 5.41) is 2.26. The summed E-state index contributed by atoms with van der Waals surface area (Å²) in [5.41, 5.74) is 5.99. The summed E-state index contributed by atoms with van der Waals surface area (Å²) in [4.78, 5) is 0.0236. The van der Waals surface area contributed by atoms with Crippen molar-refractivity contribution in [3.63, 3.8) is 0 Å². The number of nitrogens with one attached hydrogen (secondary N) is 1. The molecule has 1 aromatic rings. The van der Waals surface area contributed by atoms with Crippen molar-refractivity contribution < 1.29 is 17.9 Å². The minimum absolute atomic E-state index is 0.0236. The lowest BCUT2D eigenvalue weighted by molar-refractivity contribution is -0.209. The summed E-state index contributed by atoms with van der Waals surface area (Å²) in [6, 6.07) is 6.24. The number of thiocarbonyl (C=S) groups is 1. The van der Waals surface area contributed by atoms with Gasteiger partial charge in [-0.3, -0.25) is 0 Å². The van der Waals surface area contributed by atoms with Crippen molar-refractivity contribution in [1.82, 2.24) is 0 Å². The first kappa shape index (κ1) is 14.7. The smallest absolute Gasteiger partial charge is 0.389 e. The third-order valence-corrected chi connectivity index (χ3v) is 2.33. The molecule has 0 bridgehead atoms. The fourth-order valence-corrected chi connectivity index (χ4v) is 1.53. The first-order valence-electron chi connectivity index (χ1n) is 5.20. The number of anilines is 1. The predicted molar refractivity (Wildman–Crippen MR) is 67.4 cm³/mol. The molecule has 7 heteroatoms. The molecule has 1 unspecified atom stereocenters. The van der Waals surface area contributed by atoms with Crippen LogP contribution >= 0.6 is 12.2 Å². The van der Waals surface area contributed by atoms with Gasteiger partial charge in [0.2, 0.25) is 6.23 Å². The molecule has 0 spiro atoms. The lowest BCUT2D eigenvalue weighted by Gasteiger charge is -2.23. The Bertz CT molecular complexity index is 423. The summed E-state index contributed by atoms with van der Waals surface area (Å²) in [6.07, 6.45) is -6.60. The highest BCUT2D eigenvalue weighted by Crippen LogP contribution is 2.26. The Hall–Kier alpha value is -1.34. The van der Waals surface area contributed by atoms with E-state index in [4.69, 9.17) is 18.0 Å². The number of ether oxygens (including phenoxy) is 1. The number of hydrogen-bond donors (Lipinski definition) is 2. The minimum Gasteiger partial charge on any atom is -0.389 e. The van der Waals surface area contributed by atoms with Gasteiger partial charge in [0, 0.05) is 17.9 Å². The number of rotatable bonds is 5. The molecule has 0 radical (unpaired) electrons. The van der Waals surface area contributed by atoms with Crippen molar-refractivity contribution in [2.24, 2.45) is 5.73 Å². The number of hydrogen-bond acceptors (Lipinski definition) is 3. The number of para-hydroxylation sites is 1. The fourth-order valence-electron chi connectivity index (χ4n) is 1.35. The summed E-state index contributed by atoms with van der Waals surface area (Å²) in [5.74, 6) is 0. The first-order chi connectivity index (χ1) is 8.36. The molecule has 1 atom stereocenters. The average Bonchev–Trinajstić information content (AvgIpc) is 2.27. The van der Waals surface area contributed by atoms with E-state index in [1.807, 2.05) is 0 Å². The van der Waals surface area contributed by atoms with Crippen molar-refractivity contribution in [2.45, 2.75) is 19.3 Å². The number of alkyl halides is 3. The van der Waals surface area contributed by atoms with Crippen molar-refractivity contribution in [1.29, 1.82) is 0 Å². The molecule has 0 fully saturated rings. The lowest BCUT2D eigenvalue weighted by Crippen LogP contribution is -2.39. The van der Waals surface area contributed by atoms with E-state index in [9.17, 15) is 13.2 Å². The van der Waals surface area contributed by atoms with E-state index in [0.717, 1.165) is 0 Å². The third-order valence-electron chi connectivity index (χ3n) is 2.11. The molecular weight excluding hydrogens is 265 g/mol. The van der Waals surface area contributed by atoms with Gasteiger partial charge in [-0.25, -0.2) is 0 Å². The molecule has 0 aromatic heterocycles. The van der Waals surface area contributed by atoms with Crippen molar-refractivity contribution in [3.8, 4) is 0 Å². The van der Waals surface area contributed by atoms with Gasteiger partial charge in [0.05, 0.1) is 0 Å². The van der Waals surface area contributed by atoms with Crippen LogP contribution in [0.15, 0.2) is 24.3 Å². The maximum Gasteiger partial charge on any atom is 0.433 e. The molecule has 0 heterocycles. The summed E-state index contributed by atoms with van der Waals surface area (Å²) in [7, 11) is 0. The van der Waals surface area contributed by atoms with E-state index in [1.54, 1.807) is 18.2 Å². The highest BCUT2D eigenvalue weighted by Gasteiger charge is 2.41. The molecule has 0 aliphatic heterocycles. The van der Waals surface area contributed by atoms with Gasteiger partial charge >= 0.3 is 6.18 Å². The topological polar surface area (TPSA) is 47.3 Å². The van der Waals surface area contributed by atoms with Gasteiger partial charge in [0.1, 0.15) is 4.99 Å². The van der Waals surface area contributed by atoms with Crippen LogP contribution in [-0.4, -0.2) is 24.0 Å². The fraction of sp³-hybridized carbons (Fsp3) is 0.364. The van der Waals surface area contributed by atoms with Gasteiger partial charge in [-0.05, 0) is 19.1 Å². The molecular formula is C11H13F3N2OS. The van der Waals surface area contributed by atoms with E-state index in [2.05, 4.69) is 10.1 Å². The molecule has 0 saturated heterocycles. The highest BCUT2D eigenvalue weighted by molar-refractivity contribution is 7.80. The minimum atomic E-state index is -4.51. The Balaban J connectivity index is 2.97. The molecule has 3 nitrogen and oxygen atoms in total. The van der Waals surface area contributed by atoms with E-state index >= 15 is 0 Å². The Morgan fingerprint density at radius 2 is 2.06 bits per heavy atom. The van der Waals surface area contributed by atoms with Gasteiger partial charge in [-0.1, -0.05) is 24.4 Å². The van der Waals surface area contributed by atoms with Crippen LogP contribution < -0.4 is 11.1 Å². The average molecular weight is 278 g/mol.